The van der Waals surface area contributed by atoms with Gasteiger partial charge < -0.3 is 20.1 Å². The first-order chi connectivity index (χ1) is 15.0. The maximum absolute atomic E-state index is 13.0. The highest BCUT2D eigenvalue weighted by molar-refractivity contribution is 5.79. The lowest BCUT2D eigenvalue weighted by molar-refractivity contribution is -0.0284. The fourth-order valence-electron chi connectivity index (χ4n) is 3.40. The number of benzene rings is 1. The molecular formula is C23H32FN5O2. The summed E-state index contributed by atoms with van der Waals surface area (Å²) in [5.74, 6) is 2.07. The monoisotopic (exact) mass is 429 g/mol. The van der Waals surface area contributed by atoms with Gasteiger partial charge in [0.2, 0.25) is 5.88 Å². The molecule has 1 unspecified atom stereocenters. The van der Waals surface area contributed by atoms with Gasteiger partial charge in [0.1, 0.15) is 11.6 Å². The normalized spacial score (nSPS) is 17.6. The highest BCUT2D eigenvalue weighted by Crippen LogP contribution is 2.19. The van der Waals surface area contributed by atoms with Crippen molar-refractivity contribution in [2.45, 2.75) is 26.5 Å². The molecule has 1 atom stereocenters. The van der Waals surface area contributed by atoms with E-state index in [1.54, 1.807) is 31.4 Å². The zero-order chi connectivity index (χ0) is 22.1. The number of morpholine rings is 1. The lowest BCUT2D eigenvalue weighted by Crippen LogP contribution is -2.50. The third kappa shape index (κ3) is 7.80. The summed E-state index contributed by atoms with van der Waals surface area (Å²) in [5, 5.41) is 6.63. The summed E-state index contributed by atoms with van der Waals surface area (Å²) in [7, 11) is 1.75. The van der Waals surface area contributed by atoms with Crippen molar-refractivity contribution in [3.63, 3.8) is 0 Å². The van der Waals surface area contributed by atoms with E-state index in [2.05, 4.69) is 39.4 Å². The van der Waals surface area contributed by atoms with Gasteiger partial charge in [-0.25, -0.2) is 9.37 Å². The van der Waals surface area contributed by atoms with E-state index in [0.717, 1.165) is 37.8 Å². The standard InChI is InChI=1S/C23H32FN5O2/c1-17(2)15-29-10-11-30-21(16-29)14-28-23(25-3)27-13-18-4-9-22(26-12-18)31-20-7-5-19(24)6-8-20/h4-9,12,17,21H,10-11,13-16H2,1-3H3,(H2,25,27,28). The van der Waals surface area contributed by atoms with Gasteiger partial charge in [-0.2, -0.15) is 0 Å². The molecule has 1 fully saturated rings. The number of hydrogen-bond donors (Lipinski definition) is 2. The number of hydrogen-bond acceptors (Lipinski definition) is 5. The fourth-order valence-corrected chi connectivity index (χ4v) is 3.40. The van der Waals surface area contributed by atoms with Gasteiger partial charge in [-0.3, -0.25) is 9.89 Å². The molecule has 2 heterocycles. The number of halogens is 1. The smallest absolute Gasteiger partial charge is 0.219 e. The van der Waals surface area contributed by atoms with E-state index in [-0.39, 0.29) is 11.9 Å². The number of nitrogens with one attached hydrogen (secondary N) is 2. The molecule has 1 aromatic carbocycles. The van der Waals surface area contributed by atoms with E-state index in [1.807, 2.05) is 6.07 Å². The Morgan fingerprint density at radius 1 is 1.26 bits per heavy atom. The summed E-state index contributed by atoms with van der Waals surface area (Å²) < 4.78 is 24.5. The van der Waals surface area contributed by atoms with E-state index < -0.39 is 0 Å². The van der Waals surface area contributed by atoms with Crippen LogP contribution in [-0.4, -0.2) is 61.8 Å². The van der Waals surface area contributed by atoms with E-state index in [0.29, 0.717) is 30.6 Å². The second-order valence-electron chi connectivity index (χ2n) is 8.01. The van der Waals surface area contributed by atoms with Crippen LogP contribution >= 0.6 is 0 Å². The molecule has 0 amide bonds. The third-order valence-electron chi connectivity index (χ3n) is 4.86. The Bertz CT molecular complexity index is 827. The maximum atomic E-state index is 13.0. The number of aliphatic imine (C=N–C) groups is 1. The molecule has 1 aromatic heterocycles. The SMILES string of the molecule is CN=C(NCc1ccc(Oc2ccc(F)cc2)nc1)NCC1CN(CC(C)C)CCO1. The van der Waals surface area contributed by atoms with Crippen molar-refractivity contribution in [2.24, 2.45) is 10.9 Å². The Labute approximate surface area is 183 Å². The minimum atomic E-state index is -0.299. The van der Waals surface area contributed by atoms with Gasteiger partial charge in [0.15, 0.2) is 5.96 Å². The summed E-state index contributed by atoms with van der Waals surface area (Å²) in [4.78, 5) is 11.1. The Balaban J connectivity index is 1.42. The molecule has 31 heavy (non-hydrogen) atoms. The number of rotatable bonds is 8. The van der Waals surface area contributed by atoms with Crippen molar-refractivity contribution in [2.75, 3.05) is 39.8 Å². The largest absolute Gasteiger partial charge is 0.439 e. The molecule has 0 bridgehead atoms. The summed E-state index contributed by atoms with van der Waals surface area (Å²) in [6.45, 7) is 9.56. The molecule has 168 valence electrons. The van der Waals surface area contributed by atoms with Gasteiger partial charge in [0.25, 0.3) is 0 Å². The number of nitrogens with zero attached hydrogens (tertiary/aromatic N) is 3. The minimum absolute atomic E-state index is 0.149. The van der Waals surface area contributed by atoms with Crippen LogP contribution in [0.15, 0.2) is 47.6 Å². The number of aromatic nitrogens is 1. The van der Waals surface area contributed by atoms with Crippen LogP contribution in [0.3, 0.4) is 0 Å². The van der Waals surface area contributed by atoms with Crippen molar-refractivity contribution in [1.82, 2.24) is 20.5 Å². The van der Waals surface area contributed by atoms with E-state index in [1.165, 1.54) is 12.1 Å². The average molecular weight is 430 g/mol. The Morgan fingerprint density at radius 3 is 2.74 bits per heavy atom. The second kappa shape index (κ2) is 11.6. The molecule has 7 nitrogen and oxygen atoms in total. The van der Waals surface area contributed by atoms with Crippen LogP contribution in [0.25, 0.3) is 0 Å². The van der Waals surface area contributed by atoms with Crippen molar-refractivity contribution >= 4 is 5.96 Å². The molecule has 0 spiro atoms. The third-order valence-corrected chi connectivity index (χ3v) is 4.86. The van der Waals surface area contributed by atoms with Crippen molar-refractivity contribution in [1.29, 1.82) is 0 Å². The molecule has 0 aliphatic carbocycles. The highest BCUT2D eigenvalue weighted by Gasteiger charge is 2.21. The van der Waals surface area contributed by atoms with Gasteiger partial charge in [0.05, 0.1) is 12.7 Å². The van der Waals surface area contributed by atoms with Gasteiger partial charge >= 0.3 is 0 Å². The van der Waals surface area contributed by atoms with Crippen molar-refractivity contribution in [3.05, 3.63) is 54.0 Å². The maximum Gasteiger partial charge on any atom is 0.219 e. The van der Waals surface area contributed by atoms with Crippen LogP contribution in [0.1, 0.15) is 19.4 Å². The molecule has 3 rings (SSSR count). The molecule has 0 radical (unpaired) electrons. The highest BCUT2D eigenvalue weighted by atomic mass is 19.1. The van der Waals surface area contributed by atoms with Gasteiger partial charge in [-0.05, 0) is 35.7 Å². The lowest BCUT2D eigenvalue weighted by atomic mass is 10.2. The molecule has 1 saturated heterocycles. The van der Waals surface area contributed by atoms with Crippen LogP contribution in [0.5, 0.6) is 11.6 Å². The van der Waals surface area contributed by atoms with Gasteiger partial charge in [-0.1, -0.05) is 19.9 Å². The molecule has 1 aliphatic rings. The van der Waals surface area contributed by atoms with Crippen LogP contribution < -0.4 is 15.4 Å². The molecular weight excluding hydrogens is 397 g/mol. The number of pyridine rings is 1. The summed E-state index contributed by atoms with van der Waals surface area (Å²) in [6.07, 6.45) is 1.89. The molecule has 0 saturated carbocycles. The van der Waals surface area contributed by atoms with Crippen molar-refractivity contribution < 1.29 is 13.9 Å². The summed E-state index contributed by atoms with van der Waals surface area (Å²) >= 11 is 0. The second-order valence-corrected chi connectivity index (χ2v) is 8.01. The van der Waals surface area contributed by atoms with E-state index in [4.69, 9.17) is 9.47 Å². The minimum Gasteiger partial charge on any atom is -0.439 e. The average Bonchev–Trinajstić information content (AvgIpc) is 2.76. The molecule has 8 heteroatoms. The molecule has 2 aromatic rings. The lowest BCUT2D eigenvalue weighted by Gasteiger charge is -2.34. The zero-order valence-electron chi connectivity index (χ0n) is 18.5. The summed E-state index contributed by atoms with van der Waals surface area (Å²) in [6, 6.07) is 9.56. The first kappa shape index (κ1) is 23.0. The Hall–Kier alpha value is -2.71. The van der Waals surface area contributed by atoms with Crippen LogP contribution in [-0.2, 0) is 11.3 Å². The molecule has 1 aliphatic heterocycles. The predicted molar refractivity (Wildman–Crippen MR) is 120 cm³/mol. The summed E-state index contributed by atoms with van der Waals surface area (Å²) in [5.41, 5.74) is 0.992. The first-order valence-corrected chi connectivity index (χ1v) is 10.7. The van der Waals surface area contributed by atoms with E-state index >= 15 is 0 Å². The van der Waals surface area contributed by atoms with Gasteiger partial charge in [0, 0.05) is 52.0 Å². The van der Waals surface area contributed by atoms with Gasteiger partial charge in [-0.15, -0.1) is 0 Å². The quantitative estimate of drug-likeness (QED) is 0.497. The van der Waals surface area contributed by atoms with Crippen LogP contribution in [0.2, 0.25) is 0 Å². The Morgan fingerprint density at radius 2 is 2.06 bits per heavy atom. The number of guanidine groups is 1. The predicted octanol–water partition coefficient (Wildman–Crippen LogP) is 3.03. The Kier molecular flexibility index (Phi) is 8.61. The first-order valence-electron chi connectivity index (χ1n) is 10.7. The fraction of sp³-hybridized carbons (Fsp3) is 0.478. The molecule has 2 N–H and O–H groups in total. The van der Waals surface area contributed by atoms with Crippen LogP contribution in [0, 0.1) is 11.7 Å². The zero-order valence-corrected chi connectivity index (χ0v) is 18.5. The number of ether oxygens (including phenoxy) is 2. The van der Waals surface area contributed by atoms with E-state index in [9.17, 15) is 4.39 Å². The van der Waals surface area contributed by atoms with Crippen molar-refractivity contribution in [3.8, 4) is 11.6 Å². The topological polar surface area (TPSA) is 71.0 Å². The van der Waals surface area contributed by atoms with Crippen LogP contribution in [0.4, 0.5) is 4.39 Å².